The zero-order valence-electron chi connectivity index (χ0n) is 27.4. The van der Waals surface area contributed by atoms with Gasteiger partial charge in [0, 0.05) is 55.3 Å². The molecule has 43 heavy (non-hydrogen) atoms. The maximum absolute atomic E-state index is 14.3. The van der Waals surface area contributed by atoms with E-state index in [9.17, 15) is 9.59 Å². The second-order valence-corrected chi connectivity index (χ2v) is 14.7. The second-order valence-electron chi connectivity index (χ2n) is 14.7. The van der Waals surface area contributed by atoms with E-state index in [1.54, 1.807) is 9.80 Å². The first-order valence-electron chi connectivity index (χ1n) is 15.3. The Morgan fingerprint density at radius 3 is 2.16 bits per heavy atom. The lowest BCUT2D eigenvalue weighted by Crippen LogP contribution is -2.62. The molecule has 0 aliphatic carbocycles. The van der Waals surface area contributed by atoms with Gasteiger partial charge in [-0.15, -0.1) is 0 Å². The number of rotatable bonds is 2. The molecule has 2 fully saturated rings. The summed E-state index contributed by atoms with van der Waals surface area (Å²) in [7, 11) is 0. The number of morpholine rings is 1. The Bertz CT molecular complexity index is 1270. The number of amides is 2. The van der Waals surface area contributed by atoms with Crippen molar-refractivity contribution < 1.29 is 28.5 Å². The van der Waals surface area contributed by atoms with Crippen LogP contribution in [0.25, 0.3) is 0 Å². The van der Waals surface area contributed by atoms with Crippen LogP contribution in [0.5, 0.6) is 0 Å². The molecule has 11 nitrogen and oxygen atoms in total. The van der Waals surface area contributed by atoms with Crippen LogP contribution in [0, 0.1) is 5.92 Å². The summed E-state index contributed by atoms with van der Waals surface area (Å²) in [4.78, 5) is 32.7. The highest BCUT2D eigenvalue weighted by Crippen LogP contribution is 2.45. The minimum Gasteiger partial charge on any atom is -0.486 e. The molecule has 2 unspecified atom stereocenters. The molecule has 5 aliphatic heterocycles. The number of dihydropyridines is 2. The Hall–Kier alpha value is -3.34. The van der Waals surface area contributed by atoms with Gasteiger partial charge in [0.1, 0.15) is 28.7 Å². The predicted octanol–water partition coefficient (Wildman–Crippen LogP) is 4.41. The highest BCUT2D eigenvalue weighted by molar-refractivity contribution is 5.75. The quantitative estimate of drug-likeness (QED) is 0.478. The van der Waals surface area contributed by atoms with Crippen molar-refractivity contribution in [2.75, 3.05) is 39.4 Å². The van der Waals surface area contributed by atoms with Gasteiger partial charge in [-0.1, -0.05) is 0 Å². The van der Waals surface area contributed by atoms with Crippen molar-refractivity contribution >= 4 is 12.2 Å². The van der Waals surface area contributed by atoms with Crippen molar-refractivity contribution in [3.8, 4) is 0 Å². The summed E-state index contributed by atoms with van der Waals surface area (Å²) in [5.74, 6) is 0.706. The van der Waals surface area contributed by atoms with E-state index in [-0.39, 0.29) is 18.1 Å². The van der Waals surface area contributed by atoms with Gasteiger partial charge in [0.2, 0.25) is 0 Å². The molecule has 0 spiro atoms. The summed E-state index contributed by atoms with van der Waals surface area (Å²) < 4.78 is 24.1. The molecule has 11 heteroatoms. The number of carbonyl (C=O) groups is 2. The van der Waals surface area contributed by atoms with E-state index in [1.165, 1.54) is 0 Å². The van der Waals surface area contributed by atoms with Crippen LogP contribution < -0.4 is 10.6 Å². The molecule has 5 aliphatic rings. The smallest absolute Gasteiger partial charge is 0.417 e. The third kappa shape index (κ3) is 6.05. The Kier molecular flexibility index (Phi) is 7.72. The molecule has 238 valence electrons. The first-order valence-corrected chi connectivity index (χ1v) is 15.3. The molecule has 2 N–H and O–H groups in total. The maximum atomic E-state index is 14.3. The molecule has 0 radical (unpaired) electrons. The molecule has 0 aromatic rings. The molecule has 5 rings (SSSR count). The summed E-state index contributed by atoms with van der Waals surface area (Å²) in [6.07, 6.45) is 4.81. The van der Waals surface area contributed by atoms with Crippen molar-refractivity contribution in [1.29, 1.82) is 0 Å². The van der Waals surface area contributed by atoms with Crippen LogP contribution in [0.15, 0.2) is 46.8 Å². The molecule has 2 saturated heterocycles. The molecule has 0 aromatic heterocycles. The number of hydrogen-bond donors (Lipinski definition) is 2. The van der Waals surface area contributed by atoms with E-state index in [0.717, 1.165) is 30.1 Å². The maximum Gasteiger partial charge on any atom is 0.417 e. The van der Waals surface area contributed by atoms with Gasteiger partial charge < -0.3 is 39.4 Å². The molecule has 0 aromatic carbocycles. The van der Waals surface area contributed by atoms with Gasteiger partial charge in [-0.25, -0.2) is 14.5 Å². The van der Waals surface area contributed by atoms with E-state index in [1.807, 2.05) is 67.7 Å². The average Bonchev–Trinajstić information content (AvgIpc) is 2.93. The van der Waals surface area contributed by atoms with Gasteiger partial charge >= 0.3 is 12.2 Å². The highest BCUT2D eigenvalue weighted by atomic mass is 16.6. The van der Waals surface area contributed by atoms with Crippen molar-refractivity contribution in [2.24, 2.45) is 5.92 Å². The zero-order valence-corrected chi connectivity index (χ0v) is 27.4. The molecule has 0 bridgehead atoms. The highest BCUT2D eigenvalue weighted by Gasteiger charge is 2.53. The fraction of sp³-hybridized carbons (Fsp3) is 0.688. The second kappa shape index (κ2) is 10.7. The molecule has 2 amide bonds. The largest absolute Gasteiger partial charge is 0.486 e. The predicted molar refractivity (Wildman–Crippen MR) is 162 cm³/mol. The lowest BCUT2D eigenvalue weighted by Gasteiger charge is -2.48. The van der Waals surface area contributed by atoms with E-state index in [2.05, 4.69) is 35.5 Å². The third-order valence-corrected chi connectivity index (χ3v) is 8.25. The number of likely N-dealkylation sites (tertiary alicyclic amines) is 1. The lowest BCUT2D eigenvalue weighted by molar-refractivity contribution is 0.00216. The summed E-state index contributed by atoms with van der Waals surface area (Å²) in [6.45, 7) is 23.2. The third-order valence-electron chi connectivity index (χ3n) is 8.25. The number of carbonyl (C=O) groups excluding carboxylic acids is 2. The molecular formula is C32H49N5O6. The molecule has 0 saturated carbocycles. The zero-order chi connectivity index (χ0) is 31.5. The van der Waals surface area contributed by atoms with E-state index >= 15 is 0 Å². The van der Waals surface area contributed by atoms with E-state index in [4.69, 9.17) is 18.9 Å². The number of nitrogens with zero attached hydrogens (tertiary/aromatic N) is 3. The van der Waals surface area contributed by atoms with Crippen molar-refractivity contribution in [2.45, 2.75) is 97.7 Å². The lowest BCUT2D eigenvalue weighted by atomic mass is 9.87. The first-order chi connectivity index (χ1) is 19.9. The SMILES string of the molecule is CC1OC2=C(C=C(C3CN(C(=O)OC(C)(C)C)C3)NC2(C)C)N(C(=O)OC(C)(C)C)C2(C)NC=CC(N3CCOCC3)=C12. The summed E-state index contributed by atoms with van der Waals surface area (Å²) in [5.41, 5.74) is 0.619. The number of ether oxygens (including phenoxy) is 4. The Morgan fingerprint density at radius 2 is 1.56 bits per heavy atom. The van der Waals surface area contributed by atoms with Crippen molar-refractivity contribution in [3.05, 3.63) is 46.8 Å². The Morgan fingerprint density at radius 1 is 0.953 bits per heavy atom. The van der Waals surface area contributed by atoms with Crippen LogP contribution in [0.2, 0.25) is 0 Å². The number of hydrogen-bond acceptors (Lipinski definition) is 9. The number of nitrogens with one attached hydrogen (secondary N) is 2. The normalized spacial score (nSPS) is 27.5. The van der Waals surface area contributed by atoms with Gasteiger partial charge in [0.25, 0.3) is 0 Å². The molecular weight excluding hydrogens is 550 g/mol. The number of fused-ring (bicyclic) bond motifs is 1. The minimum absolute atomic E-state index is 0.0490. The van der Waals surface area contributed by atoms with Crippen LogP contribution >= 0.6 is 0 Å². The summed E-state index contributed by atoms with van der Waals surface area (Å²) >= 11 is 0. The van der Waals surface area contributed by atoms with Crippen LogP contribution in [-0.2, 0) is 18.9 Å². The summed E-state index contributed by atoms with van der Waals surface area (Å²) in [5, 5.41) is 7.19. The standard InChI is InChI=1S/C32H49N5O6/c1-20-25-23(35-13-15-40-16-14-35)11-12-33-32(25,10)37(28(39)43-30(5,6)7)24-17-22(34-31(8,9)26(24)41-20)21-18-36(19-21)27(38)42-29(2,3)4/h11-12,17,20-21,33-34H,13-16,18-19H2,1-10H3. The van der Waals surface area contributed by atoms with Gasteiger partial charge in [0.05, 0.1) is 24.4 Å². The Balaban J connectivity index is 1.58. The van der Waals surface area contributed by atoms with Crippen LogP contribution in [0.1, 0.15) is 69.2 Å². The van der Waals surface area contributed by atoms with Crippen LogP contribution in [0.4, 0.5) is 9.59 Å². The first kappa shape index (κ1) is 31.1. The summed E-state index contributed by atoms with van der Waals surface area (Å²) in [6, 6.07) is 0. The molecule has 5 heterocycles. The van der Waals surface area contributed by atoms with Crippen molar-refractivity contribution in [1.82, 2.24) is 25.3 Å². The number of allylic oxidation sites excluding steroid dienone is 2. The van der Waals surface area contributed by atoms with Crippen LogP contribution in [0.3, 0.4) is 0 Å². The van der Waals surface area contributed by atoms with Gasteiger partial charge in [-0.2, -0.15) is 0 Å². The van der Waals surface area contributed by atoms with Crippen LogP contribution in [-0.4, -0.2) is 94.8 Å². The topological polar surface area (TPSA) is 105 Å². The van der Waals surface area contributed by atoms with E-state index in [0.29, 0.717) is 37.8 Å². The fourth-order valence-corrected chi connectivity index (χ4v) is 6.37. The van der Waals surface area contributed by atoms with Crippen molar-refractivity contribution in [3.63, 3.8) is 0 Å². The van der Waals surface area contributed by atoms with E-state index < -0.39 is 28.5 Å². The molecule has 2 atom stereocenters. The van der Waals surface area contributed by atoms with Gasteiger partial charge in [-0.05, 0) is 81.4 Å². The minimum atomic E-state index is -0.988. The fourth-order valence-electron chi connectivity index (χ4n) is 6.37. The monoisotopic (exact) mass is 599 g/mol. The average molecular weight is 600 g/mol. The van der Waals surface area contributed by atoms with Gasteiger partial charge in [-0.3, -0.25) is 0 Å². The van der Waals surface area contributed by atoms with Gasteiger partial charge in [0.15, 0.2) is 0 Å². The Labute approximate surface area is 255 Å².